The van der Waals surface area contributed by atoms with Gasteiger partial charge in [-0.2, -0.15) is 22.4 Å². The Kier molecular flexibility index (Phi) is 4.50. The molecule has 0 aromatic carbocycles. The van der Waals surface area contributed by atoms with Gasteiger partial charge in [0.15, 0.2) is 5.82 Å². The Labute approximate surface area is 112 Å². The molecule has 2 heterocycles. The summed E-state index contributed by atoms with van der Waals surface area (Å²) >= 11 is 0. The van der Waals surface area contributed by atoms with Gasteiger partial charge in [0.1, 0.15) is 0 Å². The van der Waals surface area contributed by atoms with Crippen LogP contribution in [0.4, 0.5) is 0 Å². The Balaban J connectivity index is 1.88. The quantitative estimate of drug-likeness (QED) is 0.747. The van der Waals surface area contributed by atoms with E-state index in [4.69, 9.17) is 10.3 Å². The standard InChI is InChI=1S/C10H19N5O3S/c1-8-13-10(14-18-8)7-12-19(16,17)15-4-2-9(6-11)3-5-15/h9,12H,2-7,11H2,1H3. The van der Waals surface area contributed by atoms with E-state index in [9.17, 15) is 8.42 Å². The number of rotatable bonds is 5. The van der Waals surface area contributed by atoms with Gasteiger partial charge >= 0.3 is 0 Å². The molecule has 8 nitrogen and oxygen atoms in total. The largest absolute Gasteiger partial charge is 0.340 e. The second-order valence-electron chi connectivity index (χ2n) is 4.63. The molecule has 1 aliphatic heterocycles. The van der Waals surface area contributed by atoms with E-state index in [-0.39, 0.29) is 6.54 Å². The Bertz CT molecular complexity index is 507. The van der Waals surface area contributed by atoms with E-state index in [0.29, 0.717) is 37.3 Å². The lowest BCUT2D eigenvalue weighted by molar-refractivity contribution is 0.275. The molecule has 0 radical (unpaired) electrons. The van der Waals surface area contributed by atoms with Crippen molar-refractivity contribution in [1.82, 2.24) is 19.2 Å². The summed E-state index contributed by atoms with van der Waals surface area (Å²) in [5, 5.41) is 3.64. The average molecular weight is 289 g/mol. The Morgan fingerprint density at radius 1 is 1.47 bits per heavy atom. The lowest BCUT2D eigenvalue weighted by Gasteiger charge is -2.30. The summed E-state index contributed by atoms with van der Waals surface area (Å²) in [4.78, 5) is 3.94. The normalized spacial score (nSPS) is 18.8. The van der Waals surface area contributed by atoms with E-state index in [1.54, 1.807) is 6.92 Å². The summed E-state index contributed by atoms with van der Waals surface area (Å²) in [5.41, 5.74) is 5.58. The molecule has 3 N–H and O–H groups in total. The van der Waals surface area contributed by atoms with Gasteiger partial charge in [-0.3, -0.25) is 0 Å². The number of nitrogens with one attached hydrogen (secondary N) is 1. The molecular formula is C10H19N5O3S. The number of aromatic nitrogens is 2. The summed E-state index contributed by atoms with van der Waals surface area (Å²) in [5.74, 6) is 1.17. The molecule has 1 aromatic rings. The maximum Gasteiger partial charge on any atom is 0.279 e. The minimum Gasteiger partial charge on any atom is -0.340 e. The summed E-state index contributed by atoms with van der Waals surface area (Å²) in [6.07, 6.45) is 1.61. The van der Waals surface area contributed by atoms with Gasteiger partial charge < -0.3 is 10.3 Å². The molecule has 1 fully saturated rings. The molecule has 2 rings (SSSR count). The van der Waals surface area contributed by atoms with E-state index in [2.05, 4.69) is 14.9 Å². The predicted molar refractivity (Wildman–Crippen MR) is 68.1 cm³/mol. The van der Waals surface area contributed by atoms with Gasteiger partial charge in [-0.25, -0.2) is 0 Å². The number of nitrogens with two attached hydrogens (primary N) is 1. The Morgan fingerprint density at radius 2 is 2.16 bits per heavy atom. The maximum absolute atomic E-state index is 12.1. The minimum atomic E-state index is -3.48. The number of hydrogen-bond donors (Lipinski definition) is 2. The summed E-state index contributed by atoms with van der Waals surface area (Å²) in [6.45, 7) is 3.31. The van der Waals surface area contributed by atoms with Crippen LogP contribution in [0.15, 0.2) is 4.52 Å². The van der Waals surface area contributed by atoms with E-state index in [1.807, 2.05) is 0 Å². The zero-order chi connectivity index (χ0) is 13.9. The van der Waals surface area contributed by atoms with Crippen molar-refractivity contribution in [2.75, 3.05) is 19.6 Å². The molecule has 108 valence electrons. The first-order valence-corrected chi connectivity index (χ1v) is 7.69. The van der Waals surface area contributed by atoms with Crippen molar-refractivity contribution in [3.05, 3.63) is 11.7 Å². The van der Waals surface area contributed by atoms with Gasteiger partial charge in [-0.1, -0.05) is 5.16 Å². The first-order chi connectivity index (χ1) is 9.01. The van der Waals surface area contributed by atoms with Gasteiger partial charge in [0.2, 0.25) is 5.89 Å². The number of piperidine rings is 1. The van der Waals surface area contributed by atoms with E-state index in [1.165, 1.54) is 4.31 Å². The highest BCUT2D eigenvalue weighted by Crippen LogP contribution is 2.17. The van der Waals surface area contributed by atoms with Crippen LogP contribution in [0.3, 0.4) is 0 Å². The van der Waals surface area contributed by atoms with Crippen LogP contribution in [-0.4, -0.2) is 42.5 Å². The highest BCUT2D eigenvalue weighted by molar-refractivity contribution is 7.87. The molecule has 9 heteroatoms. The van der Waals surface area contributed by atoms with E-state index < -0.39 is 10.2 Å². The fraction of sp³-hybridized carbons (Fsp3) is 0.800. The van der Waals surface area contributed by atoms with Crippen LogP contribution in [0.1, 0.15) is 24.6 Å². The third-order valence-corrected chi connectivity index (χ3v) is 4.78. The fourth-order valence-corrected chi connectivity index (χ4v) is 3.23. The number of hydrogen-bond acceptors (Lipinski definition) is 6. The SMILES string of the molecule is Cc1nc(CNS(=O)(=O)N2CCC(CN)CC2)no1. The molecule has 0 atom stereocenters. The van der Waals surface area contributed by atoms with Crippen LogP contribution >= 0.6 is 0 Å². The number of nitrogens with zero attached hydrogens (tertiary/aromatic N) is 3. The zero-order valence-electron chi connectivity index (χ0n) is 10.9. The van der Waals surface area contributed by atoms with Gasteiger partial charge in [0, 0.05) is 20.0 Å². The van der Waals surface area contributed by atoms with Crippen molar-refractivity contribution in [3.63, 3.8) is 0 Å². The highest BCUT2D eigenvalue weighted by Gasteiger charge is 2.27. The molecule has 1 aromatic heterocycles. The average Bonchev–Trinajstić information content (AvgIpc) is 2.82. The molecule has 19 heavy (non-hydrogen) atoms. The van der Waals surface area contributed by atoms with Crippen molar-refractivity contribution in [3.8, 4) is 0 Å². The zero-order valence-corrected chi connectivity index (χ0v) is 11.7. The molecule has 0 amide bonds. The van der Waals surface area contributed by atoms with Crippen LogP contribution in [-0.2, 0) is 16.8 Å². The monoisotopic (exact) mass is 289 g/mol. The summed E-state index contributed by atoms with van der Waals surface area (Å²) in [6, 6.07) is 0. The summed E-state index contributed by atoms with van der Waals surface area (Å²) in [7, 11) is -3.48. The van der Waals surface area contributed by atoms with Gasteiger partial charge in [-0.15, -0.1) is 0 Å². The molecule has 0 unspecified atom stereocenters. The highest BCUT2D eigenvalue weighted by atomic mass is 32.2. The van der Waals surface area contributed by atoms with E-state index >= 15 is 0 Å². The van der Waals surface area contributed by atoms with Crippen molar-refractivity contribution >= 4 is 10.2 Å². The fourth-order valence-electron chi connectivity index (χ4n) is 2.05. The molecular weight excluding hydrogens is 270 g/mol. The second kappa shape index (κ2) is 5.95. The van der Waals surface area contributed by atoms with Gasteiger partial charge in [0.25, 0.3) is 10.2 Å². The third kappa shape index (κ3) is 3.72. The van der Waals surface area contributed by atoms with Gasteiger partial charge in [-0.05, 0) is 25.3 Å². The van der Waals surface area contributed by atoms with Crippen LogP contribution in [0.25, 0.3) is 0 Å². The van der Waals surface area contributed by atoms with Gasteiger partial charge in [0.05, 0.1) is 6.54 Å². The van der Waals surface area contributed by atoms with Crippen molar-refractivity contribution in [2.45, 2.75) is 26.3 Å². The van der Waals surface area contributed by atoms with Crippen molar-refractivity contribution < 1.29 is 12.9 Å². The lowest BCUT2D eigenvalue weighted by atomic mass is 9.99. The molecule has 1 aliphatic rings. The van der Waals surface area contributed by atoms with Crippen LogP contribution in [0.5, 0.6) is 0 Å². The topological polar surface area (TPSA) is 114 Å². The Hall–Kier alpha value is -1.03. The van der Waals surface area contributed by atoms with Crippen molar-refractivity contribution in [2.24, 2.45) is 11.7 Å². The van der Waals surface area contributed by atoms with Crippen LogP contribution in [0, 0.1) is 12.8 Å². The van der Waals surface area contributed by atoms with E-state index in [0.717, 1.165) is 12.8 Å². The smallest absolute Gasteiger partial charge is 0.279 e. The summed E-state index contributed by atoms with van der Waals surface area (Å²) < 4.78 is 32.8. The molecule has 0 bridgehead atoms. The lowest BCUT2D eigenvalue weighted by Crippen LogP contribution is -2.45. The molecule has 0 spiro atoms. The Morgan fingerprint density at radius 3 is 2.68 bits per heavy atom. The third-order valence-electron chi connectivity index (χ3n) is 3.23. The minimum absolute atomic E-state index is 0.0382. The second-order valence-corrected chi connectivity index (χ2v) is 6.39. The van der Waals surface area contributed by atoms with Crippen LogP contribution < -0.4 is 10.5 Å². The van der Waals surface area contributed by atoms with Crippen molar-refractivity contribution in [1.29, 1.82) is 0 Å². The maximum atomic E-state index is 12.1. The predicted octanol–water partition coefficient (Wildman–Crippen LogP) is -0.617. The molecule has 0 saturated carbocycles. The molecule has 0 aliphatic carbocycles. The van der Waals surface area contributed by atoms with Crippen LogP contribution in [0.2, 0.25) is 0 Å². The molecule has 1 saturated heterocycles. The first kappa shape index (κ1) is 14.4. The first-order valence-electron chi connectivity index (χ1n) is 6.25. The number of aryl methyl sites for hydroxylation is 1.